The van der Waals surface area contributed by atoms with Crippen LogP contribution in [0.5, 0.6) is 0 Å². The number of methoxy groups -OCH3 is 1. The zero-order valence-electron chi connectivity index (χ0n) is 9.59. The molecule has 17 heavy (non-hydrogen) atoms. The van der Waals surface area contributed by atoms with Crippen LogP contribution in [0.3, 0.4) is 0 Å². The SMILES string of the molecule is COC(=O)C12C3C4C5C3C1C(C42)C51OCCO1. The summed E-state index contributed by atoms with van der Waals surface area (Å²) in [5.41, 5.74) is -0.0793. The molecule has 7 rings (SSSR count). The molecule has 1 spiro atoms. The highest BCUT2D eigenvalue weighted by atomic mass is 16.7. The van der Waals surface area contributed by atoms with Gasteiger partial charge in [0.25, 0.3) is 0 Å². The molecule has 1 saturated heterocycles. The van der Waals surface area contributed by atoms with Gasteiger partial charge in [0, 0.05) is 11.8 Å². The molecule has 0 aromatic rings. The van der Waals surface area contributed by atoms with E-state index in [1.807, 2.05) is 0 Å². The van der Waals surface area contributed by atoms with E-state index in [9.17, 15) is 4.79 Å². The molecule has 2 bridgehead atoms. The molecule has 4 atom stereocenters. The summed E-state index contributed by atoms with van der Waals surface area (Å²) in [6, 6.07) is 0. The molecule has 1 aliphatic heterocycles. The highest BCUT2D eigenvalue weighted by Gasteiger charge is 3.06. The average molecular weight is 234 g/mol. The molecular weight excluding hydrogens is 220 g/mol. The van der Waals surface area contributed by atoms with Gasteiger partial charge in [-0.15, -0.1) is 0 Å². The van der Waals surface area contributed by atoms with Crippen molar-refractivity contribution in [2.24, 2.45) is 46.8 Å². The van der Waals surface area contributed by atoms with Crippen molar-refractivity contribution >= 4 is 5.97 Å². The first-order chi connectivity index (χ1) is 8.30. The topological polar surface area (TPSA) is 44.8 Å². The largest absolute Gasteiger partial charge is 0.469 e. The molecule has 90 valence electrons. The summed E-state index contributed by atoms with van der Waals surface area (Å²) in [5, 5.41) is 0. The Hall–Kier alpha value is -0.610. The fourth-order valence-electron chi connectivity index (χ4n) is 7.26. The van der Waals surface area contributed by atoms with Crippen molar-refractivity contribution in [2.45, 2.75) is 5.79 Å². The fraction of sp³-hybridized carbons (Fsp3) is 0.923. The monoisotopic (exact) mass is 234 g/mol. The Morgan fingerprint density at radius 2 is 1.71 bits per heavy atom. The third kappa shape index (κ3) is 0.449. The molecular formula is C13H14O4. The van der Waals surface area contributed by atoms with Crippen molar-refractivity contribution in [3.05, 3.63) is 0 Å². The van der Waals surface area contributed by atoms with Crippen LogP contribution in [0.15, 0.2) is 0 Å². The average Bonchev–Trinajstić information content (AvgIpc) is 2.85. The number of esters is 1. The molecule has 4 unspecified atom stereocenters. The van der Waals surface area contributed by atoms with E-state index in [1.54, 1.807) is 0 Å². The van der Waals surface area contributed by atoms with Gasteiger partial charge in [-0.05, 0) is 29.6 Å². The first-order valence-electron chi connectivity index (χ1n) is 6.66. The molecule has 7 aliphatic rings. The highest BCUT2D eigenvalue weighted by molar-refractivity contribution is 5.86. The summed E-state index contributed by atoms with van der Waals surface area (Å²) >= 11 is 0. The van der Waals surface area contributed by atoms with Crippen LogP contribution in [0, 0.1) is 46.8 Å². The normalized spacial score (nSPS) is 68.9. The standard InChI is InChI=1S/C13H14O4/c1-15-11(14)12-6-4-7-5(6)9(12)10(8(4)12)13(7)16-2-3-17-13/h4-10H,2-3H2,1H3. The molecule has 0 aromatic carbocycles. The lowest BCUT2D eigenvalue weighted by Crippen LogP contribution is -2.90. The van der Waals surface area contributed by atoms with Gasteiger partial charge in [-0.1, -0.05) is 0 Å². The van der Waals surface area contributed by atoms with Crippen LogP contribution in [-0.4, -0.2) is 32.1 Å². The number of hydrogen-bond donors (Lipinski definition) is 0. The van der Waals surface area contributed by atoms with Crippen LogP contribution in [-0.2, 0) is 19.0 Å². The maximum Gasteiger partial charge on any atom is 0.312 e. The van der Waals surface area contributed by atoms with Crippen molar-refractivity contribution in [2.75, 3.05) is 20.3 Å². The molecule has 0 N–H and O–H groups in total. The molecule has 6 aliphatic carbocycles. The summed E-state index contributed by atoms with van der Waals surface area (Å²) in [4.78, 5) is 12.0. The number of rotatable bonds is 1. The van der Waals surface area contributed by atoms with Gasteiger partial charge in [0.2, 0.25) is 0 Å². The number of hydrogen-bond acceptors (Lipinski definition) is 4. The van der Waals surface area contributed by atoms with E-state index in [0.717, 1.165) is 13.2 Å². The van der Waals surface area contributed by atoms with Gasteiger partial charge in [-0.2, -0.15) is 0 Å². The van der Waals surface area contributed by atoms with Crippen molar-refractivity contribution in [3.63, 3.8) is 0 Å². The first-order valence-corrected chi connectivity index (χ1v) is 6.66. The summed E-state index contributed by atoms with van der Waals surface area (Å²) in [5.74, 6) is 4.01. The number of carbonyl (C=O) groups is 1. The molecule has 1 heterocycles. The quantitative estimate of drug-likeness (QED) is 0.611. The molecule has 4 nitrogen and oxygen atoms in total. The van der Waals surface area contributed by atoms with Crippen LogP contribution >= 0.6 is 0 Å². The minimum absolute atomic E-state index is 0.0507. The van der Waals surface area contributed by atoms with Crippen molar-refractivity contribution in [1.29, 1.82) is 0 Å². The van der Waals surface area contributed by atoms with E-state index in [-0.39, 0.29) is 17.2 Å². The lowest BCUT2D eigenvalue weighted by molar-refractivity contribution is -0.430. The Labute approximate surface area is 98.6 Å². The van der Waals surface area contributed by atoms with Gasteiger partial charge in [0.05, 0.1) is 25.7 Å². The van der Waals surface area contributed by atoms with Crippen LogP contribution in [0.25, 0.3) is 0 Å². The number of carbonyl (C=O) groups excluding carboxylic acids is 1. The lowest BCUT2D eigenvalue weighted by atomic mass is 9.13. The molecule has 4 heteroatoms. The van der Waals surface area contributed by atoms with Crippen LogP contribution in [0.2, 0.25) is 0 Å². The van der Waals surface area contributed by atoms with E-state index < -0.39 is 0 Å². The summed E-state index contributed by atoms with van der Waals surface area (Å²) in [6.45, 7) is 1.48. The molecule has 0 amide bonds. The van der Waals surface area contributed by atoms with Crippen molar-refractivity contribution in [1.82, 2.24) is 0 Å². The maximum atomic E-state index is 12.0. The van der Waals surface area contributed by atoms with E-state index in [1.165, 1.54) is 7.11 Å². The summed E-state index contributed by atoms with van der Waals surface area (Å²) in [7, 11) is 1.53. The predicted molar refractivity (Wildman–Crippen MR) is 53.5 cm³/mol. The number of ether oxygens (including phenoxy) is 3. The van der Waals surface area contributed by atoms with E-state index in [0.29, 0.717) is 41.4 Å². The Balaban J connectivity index is 1.50. The Morgan fingerprint density at radius 3 is 2.29 bits per heavy atom. The first kappa shape index (κ1) is 8.48. The van der Waals surface area contributed by atoms with Gasteiger partial charge in [-0.25, -0.2) is 0 Å². The maximum absolute atomic E-state index is 12.0. The zero-order valence-corrected chi connectivity index (χ0v) is 9.59. The van der Waals surface area contributed by atoms with Gasteiger partial charge in [-0.3, -0.25) is 4.79 Å². The fourth-order valence-corrected chi connectivity index (χ4v) is 7.26. The second-order valence-electron chi connectivity index (χ2n) is 6.63. The minimum Gasteiger partial charge on any atom is -0.469 e. The highest BCUT2D eigenvalue weighted by Crippen LogP contribution is 3.02. The van der Waals surface area contributed by atoms with Gasteiger partial charge < -0.3 is 14.2 Å². The molecule has 7 fully saturated rings. The van der Waals surface area contributed by atoms with E-state index in [4.69, 9.17) is 14.2 Å². The summed E-state index contributed by atoms with van der Waals surface area (Å²) < 4.78 is 17.0. The minimum atomic E-state index is -0.269. The van der Waals surface area contributed by atoms with E-state index in [2.05, 4.69) is 0 Å². The van der Waals surface area contributed by atoms with Crippen LogP contribution in [0.1, 0.15) is 0 Å². The van der Waals surface area contributed by atoms with Crippen molar-refractivity contribution < 1.29 is 19.0 Å². The second kappa shape index (κ2) is 1.95. The van der Waals surface area contributed by atoms with Gasteiger partial charge >= 0.3 is 5.97 Å². The smallest absolute Gasteiger partial charge is 0.312 e. The van der Waals surface area contributed by atoms with E-state index >= 15 is 0 Å². The Kier molecular flexibility index (Phi) is 0.975. The molecule has 0 radical (unpaired) electrons. The van der Waals surface area contributed by atoms with Crippen LogP contribution in [0.4, 0.5) is 0 Å². The van der Waals surface area contributed by atoms with Crippen molar-refractivity contribution in [3.8, 4) is 0 Å². The van der Waals surface area contributed by atoms with Gasteiger partial charge in [0.15, 0.2) is 5.79 Å². The Bertz CT molecular complexity index is 460. The zero-order chi connectivity index (χ0) is 11.2. The van der Waals surface area contributed by atoms with Crippen LogP contribution < -0.4 is 0 Å². The third-order valence-electron chi connectivity index (χ3n) is 7.12. The third-order valence-corrected chi connectivity index (χ3v) is 7.12. The molecule has 0 aromatic heterocycles. The lowest BCUT2D eigenvalue weighted by Gasteiger charge is -2.88. The molecule has 6 saturated carbocycles. The van der Waals surface area contributed by atoms with Gasteiger partial charge in [0.1, 0.15) is 0 Å². The predicted octanol–water partition coefficient (Wildman–Crippen LogP) is 0.270. The second-order valence-corrected chi connectivity index (χ2v) is 6.63. The Morgan fingerprint density at radius 1 is 1.06 bits per heavy atom. The summed E-state index contributed by atoms with van der Waals surface area (Å²) in [6.07, 6.45) is 0.